The van der Waals surface area contributed by atoms with Crippen LogP contribution < -0.4 is 9.72 Å². The average Bonchev–Trinajstić information content (AvgIpc) is 3.06. The van der Waals surface area contributed by atoms with E-state index in [1.54, 1.807) is 0 Å². The molecule has 1 aliphatic carbocycles. The minimum atomic E-state index is 0.0354. The molecule has 0 spiro atoms. The van der Waals surface area contributed by atoms with Crippen molar-refractivity contribution >= 4 is 22.5 Å². The van der Waals surface area contributed by atoms with Gasteiger partial charge in [0.25, 0.3) is 0 Å². The van der Waals surface area contributed by atoms with E-state index >= 15 is 0 Å². The number of nitrogens with zero attached hydrogens (tertiary/aromatic N) is 2. The van der Waals surface area contributed by atoms with Crippen molar-refractivity contribution in [2.75, 3.05) is 31.7 Å². The van der Waals surface area contributed by atoms with Crippen molar-refractivity contribution in [1.29, 1.82) is 5.26 Å². The number of aromatic nitrogens is 2. The fraction of sp³-hybridized carbons (Fsp3) is 0.400. The highest BCUT2D eigenvalue weighted by Gasteiger charge is 2.28. The Labute approximate surface area is 152 Å². The molecule has 2 aromatic heterocycles. The predicted molar refractivity (Wildman–Crippen MR) is 99.2 cm³/mol. The van der Waals surface area contributed by atoms with Gasteiger partial charge in [-0.2, -0.15) is 9.66 Å². The summed E-state index contributed by atoms with van der Waals surface area (Å²) < 4.78 is 7.54. The first kappa shape index (κ1) is 16.8. The number of para-hydroxylation sites is 2. The smallest absolute Gasteiger partial charge is 0.250 e. The fourth-order valence-electron chi connectivity index (χ4n) is 3.92. The van der Waals surface area contributed by atoms with Crippen molar-refractivity contribution < 1.29 is 14.2 Å². The van der Waals surface area contributed by atoms with Crippen molar-refractivity contribution in [2.45, 2.75) is 25.7 Å². The minimum absolute atomic E-state index is 0.0354. The highest BCUT2D eigenvalue weighted by atomic mass is 16.5. The first-order valence-corrected chi connectivity index (χ1v) is 9.18. The Morgan fingerprint density at radius 2 is 2.00 bits per heavy atom. The van der Waals surface area contributed by atoms with Crippen LogP contribution in [0.15, 0.2) is 24.3 Å². The molecule has 0 atom stereocenters. The second-order valence-electron chi connectivity index (χ2n) is 6.59. The number of fused-ring (bicyclic) bond motifs is 4. The van der Waals surface area contributed by atoms with Gasteiger partial charge in [-0.15, -0.1) is 0 Å². The molecule has 0 saturated carbocycles. The lowest BCUT2D eigenvalue weighted by molar-refractivity contribution is -0.465. The molecular formula is C20H23N4O2+. The van der Waals surface area contributed by atoms with Gasteiger partial charge in [-0.05, 0) is 43.4 Å². The summed E-state index contributed by atoms with van der Waals surface area (Å²) >= 11 is 0. The third kappa shape index (κ3) is 2.79. The first-order valence-electron chi connectivity index (χ1n) is 9.18. The molecule has 1 aliphatic rings. The number of ether oxygens (including phenoxy) is 1. The molecule has 0 saturated heterocycles. The summed E-state index contributed by atoms with van der Waals surface area (Å²) in [6, 6.07) is 10.6. The Balaban J connectivity index is 1.88. The maximum Gasteiger partial charge on any atom is 0.250 e. The Morgan fingerprint density at radius 3 is 2.81 bits per heavy atom. The number of aliphatic hydroxyl groups is 1. The lowest BCUT2D eigenvalue weighted by Gasteiger charge is -2.19. The zero-order valence-corrected chi connectivity index (χ0v) is 14.7. The molecule has 0 radical (unpaired) electrons. The zero-order valence-electron chi connectivity index (χ0n) is 14.7. The number of benzene rings is 1. The van der Waals surface area contributed by atoms with Gasteiger partial charge in [0.2, 0.25) is 11.5 Å². The van der Waals surface area contributed by atoms with Crippen molar-refractivity contribution in [2.24, 2.45) is 0 Å². The highest BCUT2D eigenvalue weighted by molar-refractivity contribution is 5.78. The largest absolute Gasteiger partial charge is 0.394 e. The topological polar surface area (TPSA) is 85.2 Å². The van der Waals surface area contributed by atoms with Crippen molar-refractivity contribution in [3.8, 4) is 6.07 Å². The second-order valence-corrected chi connectivity index (χ2v) is 6.59. The molecule has 0 aliphatic heterocycles. The number of imidazole rings is 1. The number of pyridine rings is 1. The molecule has 6 nitrogen and oxygen atoms in total. The molecule has 0 amide bonds. The van der Waals surface area contributed by atoms with Gasteiger partial charge in [0.05, 0.1) is 26.4 Å². The molecule has 26 heavy (non-hydrogen) atoms. The Hall–Kier alpha value is -2.62. The van der Waals surface area contributed by atoms with E-state index in [0.717, 1.165) is 53.7 Å². The molecule has 4 rings (SSSR count). The van der Waals surface area contributed by atoms with Gasteiger partial charge in [-0.25, -0.2) is 0 Å². The normalized spacial score (nSPS) is 13.7. The van der Waals surface area contributed by atoms with Gasteiger partial charge in [-0.1, -0.05) is 12.1 Å². The van der Waals surface area contributed by atoms with Gasteiger partial charge in [-0.3, -0.25) is 4.98 Å². The van der Waals surface area contributed by atoms with Crippen LogP contribution in [0.1, 0.15) is 29.5 Å². The van der Waals surface area contributed by atoms with Gasteiger partial charge in [0.1, 0.15) is 22.7 Å². The number of nitrogens with one attached hydrogen (secondary N) is 2. The van der Waals surface area contributed by atoms with Crippen LogP contribution in [0.5, 0.6) is 0 Å². The number of aromatic amines is 1. The minimum Gasteiger partial charge on any atom is -0.394 e. The monoisotopic (exact) mass is 351 g/mol. The van der Waals surface area contributed by atoms with Crippen LogP contribution in [0, 0.1) is 11.3 Å². The number of hydrogen-bond acceptors (Lipinski definition) is 4. The summed E-state index contributed by atoms with van der Waals surface area (Å²) in [6.07, 6.45) is 4.19. The standard InChI is InChI=1S/C20H22N4O2/c21-13-16-14-5-1-2-6-15(14)19(22-9-11-26-12-10-25)24-18-8-4-3-7-17(18)23-20(16)24/h3-4,7-8,25H,1-2,5-6,9-12H2,(H,22,23)/p+1. The van der Waals surface area contributed by atoms with Crippen molar-refractivity contribution in [3.63, 3.8) is 0 Å². The van der Waals surface area contributed by atoms with E-state index in [1.165, 1.54) is 11.1 Å². The van der Waals surface area contributed by atoms with Gasteiger partial charge in [0.15, 0.2) is 0 Å². The molecular weight excluding hydrogens is 328 g/mol. The molecule has 3 aromatic rings. The number of rotatable bonds is 6. The Bertz CT molecular complexity index is 987. The molecule has 6 heteroatoms. The molecule has 0 fully saturated rings. The van der Waals surface area contributed by atoms with E-state index in [4.69, 9.17) is 9.84 Å². The summed E-state index contributed by atoms with van der Waals surface area (Å²) in [5.41, 5.74) is 6.12. The molecule has 0 unspecified atom stereocenters. The summed E-state index contributed by atoms with van der Waals surface area (Å²) in [4.78, 5) is 3.43. The number of anilines is 1. The summed E-state index contributed by atoms with van der Waals surface area (Å²) in [7, 11) is 0. The molecule has 2 heterocycles. The predicted octanol–water partition coefficient (Wildman–Crippen LogP) is 2.08. The van der Waals surface area contributed by atoms with Crippen LogP contribution in [0.25, 0.3) is 16.7 Å². The summed E-state index contributed by atoms with van der Waals surface area (Å²) in [5.74, 6) is 1.05. The summed E-state index contributed by atoms with van der Waals surface area (Å²) in [5, 5.41) is 22.2. The number of hydrogen-bond donors (Lipinski definition) is 3. The fourth-order valence-corrected chi connectivity index (χ4v) is 3.92. The van der Waals surface area contributed by atoms with Crippen molar-refractivity contribution in [3.05, 3.63) is 41.0 Å². The average molecular weight is 351 g/mol. The van der Waals surface area contributed by atoms with Gasteiger partial charge in [0, 0.05) is 5.56 Å². The quantitative estimate of drug-likeness (QED) is 0.469. The van der Waals surface area contributed by atoms with Crippen molar-refractivity contribution in [1.82, 2.24) is 4.98 Å². The zero-order chi connectivity index (χ0) is 17.9. The summed E-state index contributed by atoms with van der Waals surface area (Å²) in [6.45, 7) is 1.57. The van der Waals surface area contributed by atoms with Gasteiger partial charge < -0.3 is 15.2 Å². The van der Waals surface area contributed by atoms with Crippen LogP contribution in [0.2, 0.25) is 0 Å². The lowest BCUT2D eigenvalue weighted by Crippen LogP contribution is -2.32. The SMILES string of the molecule is N#Cc1c2c(c(NCCOCCO)[n+]3c1[nH]c1ccccc13)CCCC2. The van der Waals surface area contributed by atoms with Crippen LogP contribution in [0.3, 0.4) is 0 Å². The van der Waals surface area contributed by atoms with Gasteiger partial charge >= 0.3 is 0 Å². The Kier molecular flexibility index (Phi) is 4.74. The van der Waals surface area contributed by atoms with E-state index in [-0.39, 0.29) is 6.61 Å². The van der Waals surface area contributed by atoms with E-state index in [9.17, 15) is 5.26 Å². The third-order valence-corrected chi connectivity index (χ3v) is 5.02. The number of nitriles is 1. The third-order valence-electron chi connectivity index (χ3n) is 5.02. The van der Waals surface area contributed by atoms with E-state index < -0.39 is 0 Å². The van der Waals surface area contributed by atoms with E-state index in [0.29, 0.717) is 19.8 Å². The Morgan fingerprint density at radius 1 is 1.19 bits per heavy atom. The highest BCUT2D eigenvalue weighted by Crippen LogP contribution is 2.31. The van der Waals surface area contributed by atoms with E-state index in [1.807, 2.05) is 18.2 Å². The molecule has 134 valence electrons. The van der Waals surface area contributed by atoms with E-state index in [2.05, 4.69) is 26.8 Å². The van der Waals surface area contributed by atoms with Crippen LogP contribution in [-0.2, 0) is 17.6 Å². The second kappa shape index (κ2) is 7.32. The maximum atomic E-state index is 9.83. The maximum absolute atomic E-state index is 9.83. The lowest BCUT2D eigenvalue weighted by atomic mass is 9.89. The molecule has 3 N–H and O–H groups in total. The van der Waals surface area contributed by atoms with Crippen LogP contribution in [0.4, 0.5) is 5.82 Å². The number of H-pyrrole nitrogens is 1. The molecule has 1 aromatic carbocycles. The van der Waals surface area contributed by atoms with Crippen LogP contribution >= 0.6 is 0 Å². The molecule has 0 bridgehead atoms. The number of aliphatic hydroxyl groups excluding tert-OH is 1. The first-order chi connectivity index (χ1) is 12.8. The van der Waals surface area contributed by atoms with Crippen LogP contribution in [-0.4, -0.2) is 36.5 Å².